The standard InChI is InChI=1S/C15H18ClN3O4S/c1-24(22,23)13(15(21)18-8-2-7-17)10-19-14(20)12-5-3-11(9-16)4-6-12/h3-6,13H,2,8-10H2,1H3,(H,18,21)(H,19,20). The Balaban J connectivity index is 2.72. The number of alkyl halides is 1. The first-order chi connectivity index (χ1) is 11.3. The molecule has 0 aromatic heterocycles. The maximum absolute atomic E-state index is 12.0. The molecule has 0 radical (unpaired) electrons. The third-order valence-corrected chi connectivity index (χ3v) is 4.89. The summed E-state index contributed by atoms with van der Waals surface area (Å²) in [5, 5.41) is 11.8. The van der Waals surface area contributed by atoms with E-state index in [0.717, 1.165) is 11.8 Å². The summed E-state index contributed by atoms with van der Waals surface area (Å²) in [7, 11) is -3.72. The molecule has 0 heterocycles. The molecule has 1 unspecified atom stereocenters. The van der Waals surface area contributed by atoms with Crippen LogP contribution in [0.2, 0.25) is 0 Å². The van der Waals surface area contributed by atoms with Crippen LogP contribution in [0.5, 0.6) is 0 Å². The molecule has 2 amide bonds. The van der Waals surface area contributed by atoms with Gasteiger partial charge < -0.3 is 10.6 Å². The predicted octanol–water partition coefficient (Wildman–Crippen LogP) is 0.598. The fourth-order valence-corrected chi connectivity index (χ4v) is 2.86. The van der Waals surface area contributed by atoms with Gasteiger partial charge in [0.25, 0.3) is 5.91 Å². The van der Waals surface area contributed by atoms with Crippen LogP contribution in [0.4, 0.5) is 0 Å². The molecule has 1 rings (SSSR count). The number of carbonyl (C=O) groups is 2. The van der Waals surface area contributed by atoms with Gasteiger partial charge in [0.1, 0.15) is 0 Å². The molecule has 0 saturated carbocycles. The lowest BCUT2D eigenvalue weighted by atomic mass is 10.1. The van der Waals surface area contributed by atoms with Gasteiger partial charge in [-0.25, -0.2) is 8.42 Å². The summed E-state index contributed by atoms with van der Waals surface area (Å²) in [5.74, 6) is -0.916. The van der Waals surface area contributed by atoms with Crippen molar-refractivity contribution < 1.29 is 18.0 Å². The van der Waals surface area contributed by atoms with E-state index in [1.54, 1.807) is 24.3 Å². The highest BCUT2D eigenvalue weighted by atomic mass is 35.5. The van der Waals surface area contributed by atoms with Gasteiger partial charge in [0.2, 0.25) is 5.91 Å². The first-order valence-electron chi connectivity index (χ1n) is 7.06. The number of halogens is 1. The maximum Gasteiger partial charge on any atom is 0.251 e. The Kier molecular flexibility index (Phi) is 7.68. The van der Waals surface area contributed by atoms with Crippen molar-refractivity contribution in [1.82, 2.24) is 10.6 Å². The summed E-state index contributed by atoms with van der Waals surface area (Å²) in [6.45, 7) is -0.303. The summed E-state index contributed by atoms with van der Waals surface area (Å²) >= 11 is 5.67. The number of carbonyl (C=O) groups excluding carboxylic acids is 2. The molecular formula is C15H18ClN3O4S. The van der Waals surface area contributed by atoms with Crippen molar-refractivity contribution in [3.05, 3.63) is 35.4 Å². The minimum absolute atomic E-state index is 0.0508. The molecule has 1 aromatic carbocycles. The van der Waals surface area contributed by atoms with Crippen molar-refractivity contribution >= 4 is 33.3 Å². The molecule has 7 nitrogen and oxygen atoms in total. The van der Waals surface area contributed by atoms with Crippen LogP contribution in [0, 0.1) is 11.3 Å². The molecule has 0 bridgehead atoms. The summed E-state index contributed by atoms with van der Waals surface area (Å²) in [6.07, 6.45) is 0.991. The fourth-order valence-electron chi connectivity index (χ4n) is 1.83. The second-order valence-corrected chi connectivity index (χ2v) is 7.55. The molecule has 130 valence electrons. The van der Waals surface area contributed by atoms with Crippen LogP contribution in [0.25, 0.3) is 0 Å². The topological polar surface area (TPSA) is 116 Å². The van der Waals surface area contributed by atoms with E-state index in [1.165, 1.54) is 0 Å². The highest BCUT2D eigenvalue weighted by Gasteiger charge is 2.29. The van der Waals surface area contributed by atoms with E-state index in [2.05, 4.69) is 10.6 Å². The van der Waals surface area contributed by atoms with Gasteiger partial charge in [-0.3, -0.25) is 9.59 Å². The lowest BCUT2D eigenvalue weighted by Gasteiger charge is -2.15. The van der Waals surface area contributed by atoms with Crippen molar-refractivity contribution in [1.29, 1.82) is 5.26 Å². The van der Waals surface area contributed by atoms with Crippen LogP contribution >= 0.6 is 11.6 Å². The zero-order valence-corrected chi connectivity index (χ0v) is 14.7. The summed E-state index contributed by atoms with van der Waals surface area (Å²) in [5.41, 5.74) is 1.18. The number of amides is 2. The number of hydrogen-bond acceptors (Lipinski definition) is 5. The normalized spacial score (nSPS) is 12.0. The van der Waals surface area contributed by atoms with E-state index >= 15 is 0 Å². The quantitative estimate of drug-likeness (QED) is 0.512. The van der Waals surface area contributed by atoms with E-state index < -0.39 is 26.9 Å². The number of nitrogens with one attached hydrogen (secondary N) is 2. The highest BCUT2D eigenvalue weighted by Crippen LogP contribution is 2.07. The molecule has 0 aliphatic carbocycles. The van der Waals surface area contributed by atoms with Gasteiger partial charge in [-0.15, -0.1) is 11.6 Å². The van der Waals surface area contributed by atoms with E-state index in [0.29, 0.717) is 11.4 Å². The summed E-state index contributed by atoms with van der Waals surface area (Å²) in [6, 6.07) is 8.34. The zero-order valence-electron chi connectivity index (χ0n) is 13.1. The molecule has 0 aliphatic heterocycles. The van der Waals surface area contributed by atoms with Crippen molar-refractivity contribution in [3.8, 4) is 6.07 Å². The Morgan fingerprint density at radius 1 is 1.25 bits per heavy atom. The number of rotatable bonds is 8. The second kappa shape index (κ2) is 9.25. The molecular weight excluding hydrogens is 354 g/mol. The fraction of sp³-hybridized carbons (Fsp3) is 0.400. The minimum Gasteiger partial charge on any atom is -0.354 e. The van der Waals surface area contributed by atoms with E-state index in [4.69, 9.17) is 16.9 Å². The van der Waals surface area contributed by atoms with Crippen molar-refractivity contribution in [2.24, 2.45) is 0 Å². The lowest BCUT2D eigenvalue weighted by Crippen LogP contribution is -2.47. The number of sulfone groups is 1. The predicted molar refractivity (Wildman–Crippen MR) is 90.2 cm³/mol. The first kappa shape index (κ1) is 19.9. The van der Waals surface area contributed by atoms with Gasteiger partial charge in [-0.05, 0) is 17.7 Å². The van der Waals surface area contributed by atoms with Crippen molar-refractivity contribution in [3.63, 3.8) is 0 Å². The summed E-state index contributed by atoms with van der Waals surface area (Å²) in [4.78, 5) is 24.0. The molecule has 9 heteroatoms. The average Bonchev–Trinajstić information content (AvgIpc) is 2.54. The monoisotopic (exact) mass is 371 g/mol. The van der Waals surface area contributed by atoms with E-state index in [-0.39, 0.29) is 19.5 Å². The van der Waals surface area contributed by atoms with Gasteiger partial charge in [0, 0.05) is 30.8 Å². The number of hydrogen-bond donors (Lipinski definition) is 2. The molecule has 0 aliphatic rings. The molecule has 0 fully saturated rings. The molecule has 0 spiro atoms. The molecule has 24 heavy (non-hydrogen) atoms. The Labute approximate surface area is 145 Å². The van der Waals surface area contributed by atoms with E-state index in [1.807, 2.05) is 6.07 Å². The zero-order chi connectivity index (χ0) is 18.2. The molecule has 2 N–H and O–H groups in total. The van der Waals surface area contributed by atoms with Gasteiger partial charge >= 0.3 is 0 Å². The highest BCUT2D eigenvalue weighted by molar-refractivity contribution is 7.92. The number of nitriles is 1. The molecule has 1 atom stereocenters. The Hall–Kier alpha value is -2.11. The van der Waals surface area contributed by atoms with Gasteiger partial charge in [-0.2, -0.15) is 5.26 Å². The largest absolute Gasteiger partial charge is 0.354 e. The Morgan fingerprint density at radius 2 is 1.88 bits per heavy atom. The first-order valence-corrected chi connectivity index (χ1v) is 9.55. The van der Waals surface area contributed by atoms with Gasteiger partial charge in [0.15, 0.2) is 15.1 Å². The third kappa shape index (κ3) is 6.18. The second-order valence-electron chi connectivity index (χ2n) is 5.06. The Bertz CT molecular complexity index is 726. The summed E-state index contributed by atoms with van der Waals surface area (Å²) < 4.78 is 23.5. The minimum atomic E-state index is -3.72. The van der Waals surface area contributed by atoms with Crippen LogP contribution in [0.15, 0.2) is 24.3 Å². The van der Waals surface area contributed by atoms with Gasteiger partial charge in [0.05, 0.1) is 12.5 Å². The average molecular weight is 372 g/mol. The van der Waals surface area contributed by atoms with Crippen LogP contribution in [0.1, 0.15) is 22.3 Å². The van der Waals surface area contributed by atoms with Crippen molar-refractivity contribution in [2.75, 3.05) is 19.3 Å². The lowest BCUT2D eigenvalue weighted by molar-refractivity contribution is -0.120. The van der Waals surface area contributed by atoms with Gasteiger partial charge in [-0.1, -0.05) is 12.1 Å². The molecule has 1 aromatic rings. The van der Waals surface area contributed by atoms with E-state index in [9.17, 15) is 18.0 Å². The van der Waals surface area contributed by atoms with Crippen molar-refractivity contribution in [2.45, 2.75) is 17.6 Å². The third-order valence-electron chi connectivity index (χ3n) is 3.16. The van der Waals surface area contributed by atoms with Crippen LogP contribution in [-0.2, 0) is 20.5 Å². The maximum atomic E-state index is 12.0. The van der Waals surface area contributed by atoms with Crippen LogP contribution in [0.3, 0.4) is 0 Å². The number of nitrogens with zero attached hydrogens (tertiary/aromatic N) is 1. The molecule has 0 saturated heterocycles. The Morgan fingerprint density at radius 3 is 2.38 bits per heavy atom. The SMILES string of the molecule is CS(=O)(=O)C(CNC(=O)c1ccc(CCl)cc1)C(=O)NCCC#N. The van der Waals surface area contributed by atoms with Crippen LogP contribution in [-0.4, -0.2) is 44.8 Å². The smallest absolute Gasteiger partial charge is 0.251 e. The van der Waals surface area contributed by atoms with Crippen LogP contribution < -0.4 is 10.6 Å². The number of benzene rings is 1.